The van der Waals surface area contributed by atoms with Crippen LogP contribution in [0.15, 0.2) is 18.7 Å². The van der Waals surface area contributed by atoms with Gasteiger partial charge in [-0.1, -0.05) is 13.5 Å². The van der Waals surface area contributed by atoms with Crippen LogP contribution in [0.4, 0.5) is 29.2 Å². The summed E-state index contributed by atoms with van der Waals surface area (Å²) in [6, 6.07) is 1.40. The van der Waals surface area contributed by atoms with Crippen LogP contribution in [-0.4, -0.2) is 88.7 Å². The van der Waals surface area contributed by atoms with Crippen LogP contribution in [0.1, 0.15) is 60.2 Å². The zero-order valence-electron chi connectivity index (χ0n) is 26.0. The summed E-state index contributed by atoms with van der Waals surface area (Å²) < 4.78 is 63.6. The minimum atomic E-state index is -4.59. The molecular formula is C32H41F4N7O2. The summed E-state index contributed by atoms with van der Waals surface area (Å²) in [6.07, 6.45) is -1.34. The third kappa shape index (κ3) is 5.95. The molecule has 3 aliphatic heterocycles. The number of rotatable bonds is 8. The van der Waals surface area contributed by atoms with Gasteiger partial charge < -0.3 is 20.3 Å². The summed E-state index contributed by atoms with van der Waals surface area (Å²) >= 11 is 0. The van der Waals surface area contributed by atoms with Crippen LogP contribution in [0, 0.1) is 18.8 Å². The molecule has 6 rings (SSSR count). The Morgan fingerprint density at radius 1 is 1.24 bits per heavy atom. The number of anilines is 2. The minimum absolute atomic E-state index is 0.0442. The number of ether oxygens (including phenoxy) is 1. The van der Waals surface area contributed by atoms with Crippen molar-refractivity contribution >= 4 is 17.5 Å². The van der Waals surface area contributed by atoms with E-state index < -0.39 is 29.4 Å². The van der Waals surface area contributed by atoms with Gasteiger partial charge in [0, 0.05) is 57.0 Å². The first-order valence-corrected chi connectivity index (χ1v) is 15.7. The van der Waals surface area contributed by atoms with Crippen LogP contribution in [0.2, 0.25) is 0 Å². The fraction of sp³-hybridized carbons (Fsp3) is 0.625. The zero-order valence-corrected chi connectivity index (χ0v) is 26.0. The van der Waals surface area contributed by atoms with Crippen LogP contribution in [-0.2, 0) is 23.8 Å². The van der Waals surface area contributed by atoms with Crippen molar-refractivity contribution in [3.8, 4) is 6.01 Å². The fourth-order valence-corrected chi connectivity index (χ4v) is 7.97. The van der Waals surface area contributed by atoms with Gasteiger partial charge in [-0.15, -0.1) is 0 Å². The number of hydrogen-bond donors (Lipinski definition) is 1. The highest BCUT2D eigenvalue weighted by Crippen LogP contribution is 2.45. The van der Waals surface area contributed by atoms with Crippen LogP contribution in [0.3, 0.4) is 0 Å². The zero-order chi connectivity index (χ0) is 32.3. The molecule has 2 N–H and O–H groups in total. The number of carbonyl (C=O) groups excluding carboxylic acids is 1. The molecule has 1 amide bonds. The molecule has 2 aromatic heterocycles. The number of nitrogens with zero attached hydrogens (tertiary/aromatic N) is 6. The van der Waals surface area contributed by atoms with Gasteiger partial charge in [0.1, 0.15) is 24.4 Å². The number of pyridine rings is 1. The topological polar surface area (TPSA) is 101 Å². The predicted molar refractivity (Wildman–Crippen MR) is 162 cm³/mol. The minimum Gasteiger partial charge on any atom is -0.461 e. The monoisotopic (exact) mass is 631 g/mol. The molecule has 1 aliphatic carbocycles. The highest BCUT2D eigenvalue weighted by Gasteiger charge is 2.49. The Labute approximate surface area is 260 Å². The number of halogens is 4. The van der Waals surface area contributed by atoms with Gasteiger partial charge in [-0.05, 0) is 62.8 Å². The summed E-state index contributed by atoms with van der Waals surface area (Å²) in [5.74, 6) is 0.0569. The molecule has 3 saturated heterocycles. The molecule has 5 heterocycles. The van der Waals surface area contributed by atoms with Gasteiger partial charge in [-0.2, -0.15) is 23.1 Å². The standard InChI is InChI=1S/C32H41F4N7O2/c1-5-26(44)42-14-20(15-42)13-41(4)29-23-9-18(2)22(28-27(32(34,35)36)19(3)10-25(37)39-28)11-24(23)38-30(40-29)45-17-31-7-6-8-43(31)16-21(33)12-31/h5,10,18,20-22H,1,6-9,11-17H2,2-4H3,(H2,37,39)/t18-,21-,22-,31+/m1/s1. The molecule has 9 nitrogen and oxygen atoms in total. The molecule has 13 heteroatoms. The first kappa shape index (κ1) is 31.5. The second-order valence-corrected chi connectivity index (χ2v) is 13.4. The van der Waals surface area contributed by atoms with Crippen molar-refractivity contribution in [2.24, 2.45) is 11.8 Å². The molecular weight excluding hydrogens is 590 g/mol. The number of fused-ring (bicyclic) bond motifs is 2. The number of nitrogens with two attached hydrogens (primary N) is 1. The summed E-state index contributed by atoms with van der Waals surface area (Å²) in [6.45, 7) is 10.2. The van der Waals surface area contributed by atoms with E-state index in [4.69, 9.17) is 20.4 Å². The van der Waals surface area contributed by atoms with Crippen molar-refractivity contribution in [2.75, 3.05) is 57.0 Å². The van der Waals surface area contributed by atoms with Crippen molar-refractivity contribution < 1.29 is 27.1 Å². The van der Waals surface area contributed by atoms with Crippen LogP contribution >= 0.6 is 0 Å². The third-order valence-corrected chi connectivity index (χ3v) is 10.1. The molecule has 2 aromatic rings. The average Bonchev–Trinajstić information content (AvgIpc) is 3.46. The molecule has 3 fully saturated rings. The predicted octanol–water partition coefficient (Wildman–Crippen LogP) is 4.34. The quantitative estimate of drug-likeness (QED) is 0.340. The lowest BCUT2D eigenvalue weighted by Crippen LogP contribution is -2.53. The third-order valence-electron chi connectivity index (χ3n) is 10.1. The lowest BCUT2D eigenvalue weighted by Gasteiger charge is -2.41. The molecule has 0 unspecified atom stereocenters. The second kappa shape index (κ2) is 11.7. The second-order valence-electron chi connectivity index (χ2n) is 13.4. The van der Waals surface area contributed by atoms with Gasteiger partial charge >= 0.3 is 12.2 Å². The molecule has 0 aromatic carbocycles. The van der Waals surface area contributed by atoms with E-state index in [2.05, 4.69) is 16.5 Å². The van der Waals surface area contributed by atoms with Gasteiger partial charge in [0.25, 0.3) is 0 Å². The Morgan fingerprint density at radius 2 is 2.00 bits per heavy atom. The van der Waals surface area contributed by atoms with Crippen molar-refractivity contribution in [1.29, 1.82) is 0 Å². The highest BCUT2D eigenvalue weighted by atomic mass is 19.4. The van der Waals surface area contributed by atoms with E-state index >= 15 is 0 Å². The number of nitrogen functional groups attached to an aromatic ring is 1. The molecule has 0 radical (unpaired) electrons. The summed E-state index contributed by atoms with van der Waals surface area (Å²) in [5, 5.41) is 0. The van der Waals surface area contributed by atoms with Gasteiger partial charge in [-0.25, -0.2) is 9.37 Å². The van der Waals surface area contributed by atoms with Crippen molar-refractivity contribution in [1.82, 2.24) is 24.8 Å². The Bertz CT molecular complexity index is 1480. The Balaban J connectivity index is 1.33. The van der Waals surface area contributed by atoms with Crippen LogP contribution < -0.4 is 15.4 Å². The largest absolute Gasteiger partial charge is 0.461 e. The van der Waals surface area contributed by atoms with E-state index in [0.717, 1.165) is 24.9 Å². The first-order valence-electron chi connectivity index (χ1n) is 15.7. The summed E-state index contributed by atoms with van der Waals surface area (Å²) in [7, 11) is 1.92. The number of aryl methyl sites for hydroxylation is 1. The van der Waals surface area contributed by atoms with Crippen molar-refractivity contribution in [2.45, 2.75) is 69.8 Å². The number of likely N-dealkylation sites (tertiary alicyclic amines) is 1. The van der Waals surface area contributed by atoms with Crippen molar-refractivity contribution in [3.05, 3.63) is 46.8 Å². The number of hydrogen-bond acceptors (Lipinski definition) is 8. The first-order chi connectivity index (χ1) is 21.3. The number of alkyl halides is 4. The van der Waals surface area contributed by atoms with E-state index in [0.29, 0.717) is 50.5 Å². The van der Waals surface area contributed by atoms with Crippen LogP contribution in [0.25, 0.3) is 0 Å². The van der Waals surface area contributed by atoms with Gasteiger partial charge in [0.2, 0.25) is 5.91 Å². The van der Waals surface area contributed by atoms with E-state index in [1.165, 1.54) is 19.1 Å². The molecule has 244 valence electrons. The number of aromatic nitrogens is 3. The van der Waals surface area contributed by atoms with Crippen LogP contribution in [0.5, 0.6) is 6.01 Å². The van der Waals surface area contributed by atoms with E-state index in [1.807, 2.05) is 18.9 Å². The molecule has 4 aliphatic rings. The van der Waals surface area contributed by atoms with E-state index in [1.54, 1.807) is 4.90 Å². The summed E-state index contributed by atoms with van der Waals surface area (Å²) in [5.41, 5.74) is 6.29. The Hall–Kier alpha value is -3.48. The molecule has 0 spiro atoms. The Kier molecular flexibility index (Phi) is 8.20. The maximum Gasteiger partial charge on any atom is 0.418 e. The van der Waals surface area contributed by atoms with Gasteiger partial charge in [0.15, 0.2) is 0 Å². The molecule has 0 saturated carbocycles. The lowest BCUT2D eigenvalue weighted by molar-refractivity contribution is -0.139. The molecule has 0 bridgehead atoms. The SMILES string of the molecule is C=CC(=O)N1CC(CN(C)c2nc(OC[C@@]34CCCN3C[C@H](F)C4)nc3c2C[C@@H](C)[C@H](c2nc(N)cc(C)c2C(F)(F)F)C3)C1. The van der Waals surface area contributed by atoms with Crippen molar-refractivity contribution in [3.63, 3.8) is 0 Å². The van der Waals surface area contributed by atoms with E-state index in [9.17, 15) is 22.4 Å². The highest BCUT2D eigenvalue weighted by molar-refractivity contribution is 5.87. The summed E-state index contributed by atoms with van der Waals surface area (Å²) in [4.78, 5) is 31.7. The Morgan fingerprint density at radius 3 is 2.71 bits per heavy atom. The van der Waals surface area contributed by atoms with Gasteiger partial charge in [-0.3, -0.25) is 9.69 Å². The fourth-order valence-electron chi connectivity index (χ4n) is 7.97. The maximum absolute atomic E-state index is 14.4. The molecule has 45 heavy (non-hydrogen) atoms. The normalized spacial score (nSPS) is 26.7. The smallest absolute Gasteiger partial charge is 0.418 e. The molecule has 4 atom stereocenters. The van der Waals surface area contributed by atoms with E-state index in [-0.39, 0.29) is 53.9 Å². The average molecular weight is 632 g/mol. The lowest BCUT2D eigenvalue weighted by atomic mass is 9.75. The maximum atomic E-state index is 14.4. The number of amides is 1. The van der Waals surface area contributed by atoms with Gasteiger partial charge in [0.05, 0.1) is 22.5 Å². The number of carbonyl (C=O) groups is 1.